The molecule has 2 N–H and O–H groups in total. The van der Waals surface area contributed by atoms with Gasteiger partial charge in [0.2, 0.25) is 0 Å². The molecular formula is C16H19N3O2. The van der Waals surface area contributed by atoms with Crippen molar-refractivity contribution < 1.29 is 9.21 Å². The molecule has 1 heterocycles. The summed E-state index contributed by atoms with van der Waals surface area (Å²) in [6.07, 6.45) is 3.02. The summed E-state index contributed by atoms with van der Waals surface area (Å²) in [5.74, 6) is 0.715. The van der Waals surface area contributed by atoms with E-state index in [1.807, 2.05) is 32.0 Å². The lowest BCUT2D eigenvalue weighted by Gasteiger charge is -2.42. The minimum atomic E-state index is -0.278. The number of nitrogens with one attached hydrogen (secondary N) is 2. The first-order valence-corrected chi connectivity index (χ1v) is 7.18. The molecule has 1 aromatic heterocycles. The number of urea groups is 1. The summed E-state index contributed by atoms with van der Waals surface area (Å²) in [6, 6.07) is 10.0. The van der Waals surface area contributed by atoms with Crippen LogP contribution >= 0.6 is 0 Å². The van der Waals surface area contributed by atoms with Gasteiger partial charge >= 0.3 is 12.0 Å². The van der Waals surface area contributed by atoms with Gasteiger partial charge in [0.1, 0.15) is 5.76 Å². The van der Waals surface area contributed by atoms with Crippen molar-refractivity contribution in [2.24, 2.45) is 0 Å². The molecule has 0 bridgehead atoms. The number of rotatable bonds is 3. The summed E-state index contributed by atoms with van der Waals surface area (Å²) in [5.41, 5.74) is 1.67. The minimum absolute atomic E-state index is 0.241. The van der Waals surface area contributed by atoms with E-state index >= 15 is 0 Å². The monoisotopic (exact) mass is 285 g/mol. The fourth-order valence-electron chi connectivity index (χ4n) is 2.65. The van der Waals surface area contributed by atoms with Crippen LogP contribution in [0.4, 0.5) is 10.8 Å². The third kappa shape index (κ3) is 2.63. The van der Waals surface area contributed by atoms with Gasteiger partial charge in [0.05, 0.1) is 11.2 Å². The van der Waals surface area contributed by atoms with Gasteiger partial charge in [-0.1, -0.05) is 30.3 Å². The maximum atomic E-state index is 12.2. The Balaban J connectivity index is 1.71. The van der Waals surface area contributed by atoms with Gasteiger partial charge in [-0.3, -0.25) is 5.32 Å². The Morgan fingerprint density at radius 2 is 1.95 bits per heavy atom. The lowest BCUT2D eigenvalue weighted by Crippen LogP contribution is -2.52. The highest BCUT2D eigenvalue weighted by Crippen LogP contribution is 2.41. The Morgan fingerprint density at radius 3 is 2.48 bits per heavy atom. The molecule has 0 spiro atoms. The van der Waals surface area contributed by atoms with Gasteiger partial charge in [-0.25, -0.2) is 4.79 Å². The predicted molar refractivity (Wildman–Crippen MR) is 80.1 cm³/mol. The van der Waals surface area contributed by atoms with Crippen LogP contribution in [-0.4, -0.2) is 11.0 Å². The normalized spacial score (nSPS) is 16.1. The molecule has 1 aliphatic carbocycles. The first-order chi connectivity index (χ1) is 10.1. The van der Waals surface area contributed by atoms with Crippen LogP contribution in [0.5, 0.6) is 0 Å². The highest BCUT2D eigenvalue weighted by atomic mass is 16.4. The molecular weight excluding hydrogens is 266 g/mol. The molecule has 0 unspecified atom stereocenters. The molecule has 1 saturated carbocycles. The Morgan fingerprint density at radius 1 is 1.24 bits per heavy atom. The maximum absolute atomic E-state index is 12.2. The van der Waals surface area contributed by atoms with Crippen LogP contribution < -0.4 is 10.6 Å². The van der Waals surface area contributed by atoms with Crippen LogP contribution in [-0.2, 0) is 5.54 Å². The van der Waals surface area contributed by atoms with E-state index in [1.54, 1.807) is 0 Å². The largest absolute Gasteiger partial charge is 0.428 e. The predicted octanol–water partition coefficient (Wildman–Crippen LogP) is 3.49. The topological polar surface area (TPSA) is 67.2 Å². The molecule has 5 nitrogen and oxygen atoms in total. The van der Waals surface area contributed by atoms with Crippen molar-refractivity contribution in [1.29, 1.82) is 0 Å². The molecule has 0 saturated heterocycles. The highest BCUT2D eigenvalue weighted by Gasteiger charge is 2.40. The first-order valence-electron chi connectivity index (χ1n) is 7.18. The maximum Gasteiger partial charge on any atom is 0.323 e. The van der Waals surface area contributed by atoms with E-state index in [4.69, 9.17) is 4.42 Å². The van der Waals surface area contributed by atoms with Crippen LogP contribution in [0.1, 0.15) is 36.3 Å². The first kappa shape index (κ1) is 13.7. The average molecular weight is 285 g/mol. The second-order valence-corrected chi connectivity index (χ2v) is 5.54. The summed E-state index contributed by atoms with van der Waals surface area (Å²) in [6.45, 7) is 3.67. The molecule has 3 rings (SSSR count). The van der Waals surface area contributed by atoms with Gasteiger partial charge in [0, 0.05) is 0 Å². The van der Waals surface area contributed by atoms with Crippen LogP contribution in [0.25, 0.3) is 0 Å². The van der Waals surface area contributed by atoms with Crippen molar-refractivity contribution >= 4 is 12.0 Å². The number of benzene rings is 1. The van der Waals surface area contributed by atoms with E-state index in [2.05, 4.69) is 27.8 Å². The standard InChI is InChI=1S/C16H19N3O2/c1-11-12(2)21-15(17-11)18-14(20)19-16(9-6-10-16)13-7-4-3-5-8-13/h3-5,7-8H,6,9-10H2,1-2H3,(H2,17,18,19,20). The third-order valence-corrected chi connectivity index (χ3v) is 4.14. The SMILES string of the molecule is Cc1nc(NC(=O)NC2(c3ccccc3)CCC2)oc1C. The van der Waals surface area contributed by atoms with Gasteiger partial charge in [-0.15, -0.1) is 0 Å². The number of hydrogen-bond acceptors (Lipinski definition) is 3. The summed E-state index contributed by atoms with van der Waals surface area (Å²) >= 11 is 0. The Bertz CT molecular complexity index is 625. The van der Waals surface area contributed by atoms with E-state index in [9.17, 15) is 4.79 Å². The lowest BCUT2D eigenvalue weighted by molar-refractivity contribution is 0.184. The number of carbonyl (C=O) groups excluding carboxylic acids is 1. The molecule has 1 fully saturated rings. The molecule has 2 amide bonds. The van der Waals surface area contributed by atoms with Crippen LogP contribution in [0.3, 0.4) is 0 Å². The number of amides is 2. The highest BCUT2D eigenvalue weighted by molar-refractivity contribution is 5.87. The molecule has 5 heteroatoms. The zero-order valence-corrected chi connectivity index (χ0v) is 12.3. The van der Waals surface area contributed by atoms with Gasteiger partial charge in [-0.05, 0) is 38.7 Å². The van der Waals surface area contributed by atoms with E-state index in [1.165, 1.54) is 0 Å². The van der Waals surface area contributed by atoms with Crippen molar-refractivity contribution in [2.75, 3.05) is 5.32 Å². The van der Waals surface area contributed by atoms with Gasteiger partial charge < -0.3 is 9.73 Å². The molecule has 0 atom stereocenters. The average Bonchev–Trinajstić information content (AvgIpc) is 2.73. The fourth-order valence-corrected chi connectivity index (χ4v) is 2.65. The summed E-state index contributed by atoms with van der Waals surface area (Å²) in [4.78, 5) is 16.4. The molecule has 1 aromatic carbocycles. The van der Waals surface area contributed by atoms with E-state index < -0.39 is 0 Å². The van der Waals surface area contributed by atoms with Gasteiger partial charge in [0.25, 0.3) is 0 Å². The van der Waals surface area contributed by atoms with Crippen molar-refractivity contribution in [1.82, 2.24) is 10.3 Å². The van der Waals surface area contributed by atoms with Crippen molar-refractivity contribution in [3.05, 3.63) is 47.3 Å². The Kier molecular flexibility index (Phi) is 3.41. The quantitative estimate of drug-likeness (QED) is 0.907. The van der Waals surface area contributed by atoms with E-state index in [-0.39, 0.29) is 17.6 Å². The number of nitrogens with zero attached hydrogens (tertiary/aromatic N) is 1. The minimum Gasteiger partial charge on any atom is -0.428 e. The molecule has 110 valence electrons. The molecule has 21 heavy (non-hydrogen) atoms. The lowest BCUT2D eigenvalue weighted by atomic mass is 9.72. The molecule has 2 aromatic rings. The number of aromatic nitrogens is 1. The molecule has 0 radical (unpaired) electrons. The fraction of sp³-hybridized carbons (Fsp3) is 0.375. The number of hydrogen-bond donors (Lipinski definition) is 2. The van der Waals surface area contributed by atoms with Crippen LogP contribution in [0.2, 0.25) is 0 Å². The summed E-state index contributed by atoms with van der Waals surface area (Å²) < 4.78 is 5.37. The molecule has 0 aliphatic heterocycles. The van der Waals surface area contributed by atoms with Crippen molar-refractivity contribution in [3.8, 4) is 0 Å². The van der Waals surface area contributed by atoms with Gasteiger partial charge in [-0.2, -0.15) is 4.98 Å². The number of carbonyl (C=O) groups is 1. The van der Waals surface area contributed by atoms with E-state index in [0.717, 1.165) is 30.5 Å². The van der Waals surface area contributed by atoms with Gasteiger partial charge in [0.15, 0.2) is 0 Å². The Hall–Kier alpha value is -2.30. The third-order valence-electron chi connectivity index (χ3n) is 4.14. The summed E-state index contributed by atoms with van der Waals surface area (Å²) in [5, 5.41) is 5.74. The smallest absolute Gasteiger partial charge is 0.323 e. The number of anilines is 1. The zero-order valence-electron chi connectivity index (χ0n) is 12.3. The second-order valence-electron chi connectivity index (χ2n) is 5.54. The second kappa shape index (κ2) is 5.24. The molecule has 1 aliphatic rings. The Labute approximate surface area is 123 Å². The van der Waals surface area contributed by atoms with Crippen molar-refractivity contribution in [2.45, 2.75) is 38.6 Å². The van der Waals surface area contributed by atoms with Crippen LogP contribution in [0.15, 0.2) is 34.7 Å². The summed E-state index contributed by atoms with van der Waals surface area (Å²) in [7, 11) is 0. The number of aryl methyl sites for hydroxylation is 2. The van der Waals surface area contributed by atoms with E-state index in [0.29, 0.717) is 5.76 Å². The number of oxazole rings is 1. The van der Waals surface area contributed by atoms with Crippen LogP contribution in [0, 0.1) is 13.8 Å². The van der Waals surface area contributed by atoms with Crippen molar-refractivity contribution in [3.63, 3.8) is 0 Å². The zero-order chi connectivity index (χ0) is 14.9.